The number of hydrogen-bond acceptors (Lipinski definition) is 7. The normalized spacial score (nSPS) is 10.4. The predicted octanol–water partition coefficient (Wildman–Crippen LogP) is 1.87. The zero-order valence-corrected chi connectivity index (χ0v) is 13.5. The summed E-state index contributed by atoms with van der Waals surface area (Å²) in [5.41, 5.74) is 1.52. The fourth-order valence-electron chi connectivity index (χ4n) is 2.21. The number of imidazole rings is 2. The molecule has 0 aliphatic rings. The van der Waals surface area contributed by atoms with E-state index in [1.807, 2.05) is 6.92 Å². The number of aromatic nitrogens is 4. The van der Waals surface area contributed by atoms with Gasteiger partial charge in [0.25, 0.3) is 5.69 Å². The molecule has 11 nitrogen and oxygen atoms in total. The Morgan fingerprint density at radius 1 is 1.24 bits per heavy atom. The number of aliphatic hydroxyl groups excluding tert-OH is 1. The summed E-state index contributed by atoms with van der Waals surface area (Å²) in [5.74, 6) is 1.22. The number of aryl methyl sites for hydroxylation is 2. The Hall–Kier alpha value is -3.34. The van der Waals surface area contributed by atoms with Crippen LogP contribution in [-0.2, 0) is 6.54 Å². The lowest BCUT2D eigenvalue weighted by Gasteiger charge is -1.98. The van der Waals surface area contributed by atoms with E-state index in [1.165, 1.54) is 22.9 Å². The lowest BCUT2D eigenvalue weighted by atomic mass is 10.3. The van der Waals surface area contributed by atoms with E-state index < -0.39 is 9.85 Å². The molecule has 2 heterocycles. The van der Waals surface area contributed by atoms with Gasteiger partial charge >= 0.3 is 5.82 Å². The molecule has 0 spiro atoms. The number of nitrogens with zero attached hydrogens (tertiary/aromatic N) is 5. The molecule has 0 aliphatic heterocycles. The van der Waals surface area contributed by atoms with Crippen molar-refractivity contribution in [2.75, 3.05) is 6.61 Å². The lowest BCUT2D eigenvalue weighted by Crippen LogP contribution is -2.07. The van der Waals surface area contributed by atoms with E-state index in [4.69, 9.17) is 5.11 Å². The minimum absolute atomic E-state index is 0.0685. The fraction of sp³-hybridized carbons (Fsp3) is 0.286. The molecule has 0 aliphatic carbocycles. The molecule has 25 heavy (non-hydrogen) atoms. The molecule has 2 N–H and O–H groups in total. The van der Waals surface area contributed by atoms with Gasteiger partial charge in [0.15, 0.2) is 5.82 Å². The molecular formula is C14H16N6O5. The van der Waals surface area contributed by atoms with Gasteiger partial charge in [0.1, 0.15) is 18.6 Å². The lowest BCUT2D eigenvalue weighted by molar-refractivity contribution is -0.392. The predicted molar refractivity (Wildman–Crippen MR) is 88.2 cm³/mol. The zero-order chi connectivity index (χ0) is 18.6. The first-order valence-corrected chi connectivity index (χ1v) is 7.21. The molecule has 0 bridgehead atoms. The summed E-state index contributed by atoms with van der Waals surface area (Å²) >= 11 is 0. The summed E-state index contributed by atoms with van der Waals surface area (Å²) < 4.78 is 1.36. The summed E-state index contributed by atoms with van der Waals surface area (Å²) in [4.78, 5) is 30.7. The third-order valence-electron chi connectivity index (χ3n) is 3.34. The molecule has 3 aromatic rings. The number of nitrogens with one attached hydrogen (secondary N) is 1. The minimum Gasteiger partial charge on any atom is -0.392 e. The highest BCUT2D eigenvalue weighted by molar-refractivity contribution is 5.77. The molecule has 1 aromatic carbocycles. The molecule has 0 atom stereocenters. The Kier molecular flexibility index (Phi) is 5.39. The second-order valence-electron chi connectivity index (χ2n) is 5.08. The summed E-state index contributed by atoms with van der Waals surface area (Å²) in [5, 5.41) is 29.4. The van der Waals surface area contributed by atoms with Crippen LogP contribution in [0.15, 0.2) is 24.4 Å². The van der Waals surface area contributed by atoms with E-state index in [0.29, 0.717) is 11.3 Å². The van der Waals surface area contributed by atoms with Crippen molar-refractivity contribution in [2.24, 2.45) is 0 Å². The van der Waals surface area contributed by atoms with E-state index >= 15 is 0 Å². The topological polar surface area (TPSA) is 153 Å². The Bertz CT molecular complexity index is 916. The number of rotatable bonds is 4. The smallest absolute Gasteiger partial charge is 0.342 e. The molecule has 0 saturated heterocycles. The van der Waals surface area contributed by atoms with E-state index in [0.717, 1.165) is 11.3 Å². The van der Waals surface area contributed by atoms with Gasteiger partial charge in [-0.2, -0.15) is 0 Å². The third-order valence-corrected chi connectivity index (χ3v) is 3.34. The van der Waals surface area contributed by atoms with Gasteiger partial charge in [0, 0.05) is 19.1 Å². The number of aliphatic hydroxyl groups is 1. The first kappa shape index (κ1) is 18.0. The molecule has 3 rings (SSSR count). The summed E-state index contributed by atoms with van der Waals surface area (Å²) in [7, 11) is 0. The molecule has 0 fully saturated rings. The van der Waals surface area contributed by atoms with Crippen LogP contribution in [0.1, 0.15) is 11.6 Å². The standard InChI is InChI=1S/C8H7N3O2.C6H9N3O3/c1-5-9-7-3-2-6(11(12)13)4-8(7)10-5;1-5-7-4-6(9(11)12)8(5)2-3-10/h2-4H,1H3,(H,9,10);4,10H,2-3H2,1H3. The van der Waals surface area contributed by atoms with Gasteiger partial charge in [-0.1, -0.05) is 0 Å². The Balaban J connectivity index is 0.000000181. The second kappa shape index (κ2) is 7.49. The molecule has 0 unspecified atom stereocenters. The minimum atomic E-state index is -0.518. The maximum Gasteiger partial charge on any atom is 0.342 e. The van der Waals surface area contributed by atoms with Gasteiger partial charge < -0.3 is 20.2 Å². The van der Waals surface area contributed by atoms with Crippen molar-refractivity contribution < 1.29 is 15.0 Å². The van der Waals surface area contributed by atoms with E-state index in [9.17, 15) is 20.2 Å². The average molecular weight is 348 g/mol. The number of fused-ring (bicyclic) bond motifs is 1. The Morgan fingerprint density at radius 2 is 1.96 bits per heavy atom. The highest BCUT2D eigenvalue weighted by atomic mass is 16.6. The van der Waals surface area contributed by atoms with E-state index in [1.54, 1.807) is 13.0 Å². The zero-order valence-electron chi connectivity index (χ0n) is 13.5. The molecule has 11 heteroatoms. The van der Waals surface area contributed by atoms with Crippen molar-refractivity contribution in [3.8, 4) is 0 Å². The van der Waals surface area contributed by atoms with Gasteiger partial charge in [0.2, 0.25) is 0 Å². The van der Waals surface area contributed by atoms with Gasteiger partial charge in [-0.25, -0.2) is 14.5 Å². The van der Waals surface area contributed by atoms with Crippen LogP contribution in [-0.4, -0.2) is 41.1 Å². The monoisotopic (exact) mass is 348 g/mol. The molecule has 2 aromatic heterocycles. The van der Waals surface area contributed by atoms with Crippen LogP contribution in [0, 0.1) is 34.1 Å². The van der Waals surface area contributed by atoms with E-state index in [2.05, 4.69) is 15.0 Å². The first-order chi connectivity index (χ1) is 11.8. The Labute approximate surface area is 141 Å². The maximum absolute atomic E-state index is 10.4. The Morgan fingerprint density at radius 3 is 2.56 bits per heavy atom. The molecule has 0 saturated carbocycles. The van der Waals surface area contributed by atoms with Gasteiger partial charge in [-0.05, 0) is 17.9 Å². The number of H-pyrrole nitrogens is 1. The van der Waals surface area contributed by atoms with Crippen LogP contribution in [0.5, 0.6) is 0 Å². The fourth-order valence-corrected chi connectivity index (χ4v) is 2.21. The number of benzene rings is 1. The van der Waals surface area contributed by atoms with Crippen LogP contribution in [0.25, 0.3) is 11.0 Å². The highest BCUT2D eigenvalue weighted by Crippen LogP contribution is 2.18. The van der Waals surface area contributed by atoms with Crippen LogP contribution in [0.3, 0.4) is 0 Å². The van der Waals surface area contributed by atoms with Crippen molar-refractivity contribution in [3.63, 3.8) is 0 Å². The van der Waals surface area contributed by atoms with Gasteiger partial charge in [-0.15, -0.1) is 0 Å². The van der Waals surface area contributed by atoms with Crippen molar-refractivity contribution in [3.05, 3.63) is 56.3 Å². The van der Waals surface area contributed by atoms with Crippen molar-refractivity contribution >= 4 is 22.5 Å². The number of nitro benzene ring substituents is 1. The molecule has 0 radical (unpaired) electrons. The van der Waals surface area contributed by atoms with Crippen LogP contribution in [0.4, 0.5) is 11.5 Å². The van der Waals surface area contributed by atoms with Crippen molar-refractivity contribution in [1.82, 2.24) is 19.5 Å². The average Bonchev–Trinajstić information content (AvgIpc) is 3.10. The number of aromatic amines is 1. The van der Waals surface area contributed by atoms with Crippen LogP contribution >= 0.6 is 0 Å². The summed E-state index contributed by atoms with van der Waals surface area (Å²) in [6, 6.07) is 4.58. The summed E-state index contributed by atoms with van der Waals surface area (Å²) in [6.45, 7) is 3.55. The largest absolute Gasteiger partial charge is 0.392 e. The number of non-ortho nitro benzene ring substituents is 1. The van der Waals surface area contributed by atoms with Crippen LogP contribution in [0.2, 0.25) is 0 Å². The molecular weight excluding hydrogens is 332 g/mol. The number of nitro groups is 2. The maximum atomic E-state index is 10.4. The summed E-state index contributed by atoms with van der Waals surface area (Å²) in [6.07, 6.45) is 1.19. The molecule has 132 valence electrons. The van der Waals surface area contributed by atoms with Crippen molar-refractivity contribution in [2.45, 2.75) is 20.4 Å². The number of hydrogen-bond donors (Lipinski definition) is 2. The highest BCUT2D eigenvalue weighted by Gasteiger charge is 2.15. The molecule has 0 amide bonds. The van der Waals surface area contributed by atoms with E-state index in [-0.39, 0.29) is 24.7 Å². The van der Waals surface area contributed by atoms with Gasteiger partial charge in [-0.3, -0.25) is 10.1 Å². The van der Waals surface area contributed by atoms with Gasteiger partial charge in [0.05, 0.1) is 22.6 Å². The van der Waals surface area contributed by atoms with Crippen LogP contribution < -0.4 is 0 Å². The first-order valence-electron chi connectivity index (χ1n) is 7.21. The quantitative estimate of drug-likeness (QED) is 0.539. The third kappa shape index (κ3) is 4.14. The SMILES string of the molecule is Cc1nc2cc([N+](=O)[O-])ccc2[nH]1.Cc1ncc([N+](=O)[O-])n1CCO. The second-order valence-corrected chi connectivity index (χ2v) is 5.08. The van der Waals surface area contributed by atoms with Crippen molar-refractivity contribution in [1.29, 1.82) is 0 Å².